The third-order valence-corrected chi connectivity index (χ3v) is 4.86. The summed E-state index contributed by atoms with van der Waals surface area (Å²) in [6.45, 7) is 2.26. The lowest BCUT2D eigenvalue weighted by atomic mass is 9.92. The molecule has 4 heteroatoms. The molecular weight excluding hydrogens is 300 g/mol. The summed E-state index contributed by atoms with van der Waals surface area (Å²) in [4.78, 5) is 12.2. The van der Waals surface area contributed by atoms with Crippen molar-refractivity contribution in [1.82, 2.24) is 5.32 Å². The molecule has 1 atom stereocenters. The van der Waals surface area contributed by atoms with Gasteiger partial charge < -0.3 is 10.4 Å². The molecule has 3 rings (SSSR count). The molecule has 2 aromatic rings. The lowest BCUT2D eigenvalue weighted by molar-refractivity contribution is -0.115. The Morgan fingerprint density at radius 3 is 2.62 bits per heavy atom. The molecule has 0 aliphatic heterocycles. The fourth-order valence-electron chi connectivity index (χ4n) is 3.37. The van der Waals surface area contributed by atoms with Gasteiger partial charge in [0, 0.05) is 5.69 Å². The van der Waals surface area contributed by atoms with Gasteiger partial charge in [-0.25, -0.2) is 0 Å². The first-order valence-corrected chi connectivity index (χ1v) is 8.50. The van der Waals surface area contributed by atoms with Crippen LogP contribution in [0.3, 0.4) is 0 Å². The Morgan fingerprint density at radius 1 is 1.17 bits per heavy atom. The molecule has 0 aromatic heterocycles. The molecule has 0 bridgehead atoms. The van der Waals surface area contributed by atoms with E-state index in [-0.39, 0.29) is 19.1 Å². The minimum Gasteiger partial charge on any atom is -0.394 e. The second kappa shape index (κ2) is 7.16. The molecule has 4 nitrogen and oxygen atoms in total. The van der Waals surface area contributed by atoms with Crippen LogP contribution in [0.2, 0.25) is 0 Å². The van der Waals surface area contributed by atoms with Crippen molar-refractivity contribution in [1.29, 1.82) is 0 Å². The first-order chi connectivity index (χ1) is 11.7. The standard InChI is InChI=1S/C20H24N2O2/c1-2-15-7-9-17(10-8-15)22-19(24)13-21-20(14-23)12-11-16-5-3-4-6-18(16)20/h3-10,21,23H,2,11-14H2,1H3,(H,22,24). The first kappa shape index (κ1) is 16.7. The molecule has 1 amide bonds. The predicted molar refractivity (Wildman–Crippen MR) is 96.0 cm³/mol. The predicted octanol–water partition coefficient (Wildman–Crippen LogP) is 2.61. The lowest BCUT2D eigenvalue weighted by Gasteiger charge is -2.29. The fourth-order valence-corrected chi connectivity index (χ4v) is 3.37. The van der Waals surface area contributed by atoms with Crippen LogP contribution in [0.25, 0.3) is 0 Å². The number of aliphatic hydroxyl groups excluding tert-OH is 1. The van der Waals surface area contributed by atoms with Gasteiger partial charge in [-0.1, -0.05) is 43.3 Å². The molecule has 0 spiro atoms. The Labute approximate surface area is 142 Å². The largest absolute Gasteiger partial charge is 0.394 e. The van der Waals surface area contributed by atoms with E-state index in [0.29, 0.717) is 0 Å². The zero-order chi connectivity index (χ0) is 17.0. The van der Waals surface area contributed by atoms with E-state index in [1.54, 1.807) is 0 Å². The molecule has 0 radical (unpaired) electrons. The summed E-state index contributed by atoms with van der Waals surface area (Å²) < 4.78 is 0. The molecule has 0 heterocycles. The summed E-state index contributed by atoms with van der Waals surface area (Å²) in [5.41, 5.74) is 3.87. The maximum absolute atomic E-state index is 12.2. The van der Waals surface area contributed by atoms with E-state index >= 15 is 0 Å². The maximum atomic E-state index is 12.2. The Balaban J connectivity index is 1.63. The summed E-state index contributed by atoms with van der Waals surface area (Å²) in [5.74, 6) is -0.101. The van der Waals surface area contributed by atoms with Gasteiger partial charge in [-0.2, -0.15) is 0 Å². The van der Waals surface area contributed by atoms with Crippen molar-refractivity contribution in [2.24, 2.45) is 0 Å². The number of benzene rings is 2. The highest BCUT2D eigenvalue weighted by atomic mass is 16.3. The van der Waals surface area contributed by atoms with Crippen molar-refractivity contribution in [3.8, 4) is 0 Å². The van der Waals surface area contributed by atoms with Gasteiger partial charge in [-0.15, -0.1) is 0 Å². The van der Waals surface area contributed by atoms with Gasteiger partial charge >= 0.3 is 0 Å². The number of hydrogen-bond donors (Lipinski definition) is 3. The van der Waals surface area contributed by atoms with Crippen molar-refractivity contribution >= 4 is 11.6 Å². The van der Waals surface area contributed by atoms with E-state index < -0.39 is 5.54 Å². The number of amides is 1. The van der Waals surface area contributed by atoms with E-state index in [4.69, 9.17) is 0 Å². The third kappa shape index (κ3) is 3.35. The van der Waals surface area contributed by atoms with Crippen LogP contribution in [0.15, 0.2) is 48.5 Å². The van der Waals surface area contributed by atoms with Gasteiger partial charge in [0.25, 0.3) is 0 Å². The first-order valence-electron chi connectivity index (χ1n) is 8.50. The van der Waals surface area contributed by atoms with Gasteiger partial charge in [0.2, 0.25) is 5.91 Å². The Hall–Kier alpha value is -2.17. The number of nitrogens with one attached hydrogen (secondary N) is 2. The highest BCUT2D eigenvalue weighted by molar-refractivity contribution is 5.92. The number of aliphatic hydroxyl groups is 1. The number of rotatable bonds is 6. The molecule has 0 saturated carbocycles. The molecule has 0 fully saturated rings. The average molecular weight is 324 g/mol. The highest BCUT2D eigenvalue weighted by Crippen LogP contribution is 2.36. The van der Waals surface area contributed by atoms with Crippen molar-refractivity contribution in [3.05, 3.63) is 65.2 Å². The number of carbonyl (C=O) groups excluding carboxylic acids is 1. The Kier molecular flexibility index (Phi) is 4.97. The smallest absolute Gasteiger partial charge is 0.238 e. The normalized spacial score (nSPS) is 19.1. The molecule has 24 heavy (non-hydrogen) atoms. The molecule has 2 aromatic carbocycles. The van der Waals surface area contributed by atoms with Crippen LogP contribution in [0, 0.1) is 0 Å². The lowest BCUT2D eigenvalue weighted by Crippen LogP contribution is -2.47. The molecule has 126 valence electrons. The molecule has 1 aliphatic rings. The third-order valence-electron chi connectivity index (χ3n) is 4.86. The number of carbonyl (C=O) groups is 1. The average Bonchev–Trinajstić information content (AvgIpc) is 3.00. The van der Waals surface area contributed by atoms with Crippen LogP contribution in [0.4, 0.5) is 5.69 Å². The van der Waals surface area contributed by atoms with E-state index in [1.807, 2.05) is 42.5 Å². The van der Waals surface area contributed by atoms with Gasteiger partial charge in [-0.3, -0.25) is 10.1 Å². The zero-order valence-corrected chi connectivity index (χ0v) is 14.0. The molecule has 1 aliphatic carbocycles. The zero-order valence-electron chi connectivity index (χ0n) is 14.0. The number of hydrogen-bond acceptors (Lipinski definition) is 3. The van der Waals surface area contributed by atoms with E-state index in [9.17, 15) is 9.90 Å². The summed E-state index contributed by atoms with van der Waals surface area (Å²) in [6.07, 6.45) is 2.71. The van der Waals surface area contributed by atoms with Crippen LogP contribution < -0.4 is 10.6 Å². The van der Waals surface area contributed by atoms with Crippen LogP contribution in [-0.4, -0.2) is 24.2 Å². The summed E-state index contributed by atoms with van der Waals surface area (Å²) in [7, 11) is 0. The van der Waals surface area contributed by atoms with Crippen molar-refractivity contribution in [2.45, 2.75) is 31.7 Å². The Morgan fingerprint density at radius 2 is 1.92 bits per heavy atom. The van der Waals surface area contributed by atoms with E-state index in [0.717, 1.165) is 30.5 Å². The fraction of sp³-hybridized carbons (Fsp3) is 0.350. The minimum atomic E-state index is -0.514. The second-order valence-corrected chi connectivity index (χ2v) is 6.35. The second-order valence-electron chi connectivity index (χ2n) is 6.35. The van der Waals surface area contributed by atoms with Crippen LogP contribution in [-0.2, 0) is 23.2 Å². The molecule has 0 saturated heterocycles. The number of anilines is 1. The summed E-state index contributed by atoms with van der Waals surface area (Å²) in [6, 6.07) is 16.0. The minimum absolute atomic E-state index is 0.0114. The quantitative estimate of drug-likeness (QED) is 0.765. The molecular formula is C20H24N2O2. The van der Waals surface area contributed by atoms with E-state index in [1.165, 1.54) is 11.1 Å². The van der Waals surface area contributed by atoms with Crippen LogP contribution in [0.1, 0.15) is 30.0 Å². The number of aryl methyl sites for hydroxylation is 2. The Bertz CT molecular complexity index is 712. The summed E-state index contributed by atoms with van der Waals surface area (Å²) >= 11 is 0. The number of fused-ring (bicyclic) bond motifs is 1. The van der Waals surface area contributed by atoms with Gasteiger partial charge in [0.15, 0.2) is 0 Å². The van der Waals surface area contributed by atoms with E-state index in [2.05, 4.69) is 23.6 Å². The van der Waals surface area contributed by atoms with Gasteiger partial charge in [0.1, 0.15) is 0 Å². The van der Waals surface area contributed by atoms with Crippen molar-refractivity contribution < 1.29 is 9.90 Å². The van der Waals surface area contributed by atoms with Crippen molar-refractivity contribution in [3.63, 3.8) is 0 Å². The van der Waals surface area contributed by atoms with Crippen LogP contribution in [0.5, 0.6) is 0 Å². The monoisotopic (exact) mass is 324 g/mol. The SMILES string of the molecule is CCc1ccc(NC(=O)CNC2(CO)CCc3ccccc32)cc1. The topological polar surface area (TPSA) is 61.4 Å². The summed E-state index contributed by atoms with van der Waals surface area (Å²) in [5, 5.41) is 16.1. The van der Waals surface area contributed by atoms with Gasteiger partial charge in [-0.05, 0) is 48.1 Å². The van der Waals surface area contributed by atoms with Crippen LogP contribution >= 0.6 is 0 Å². The maximum Gasteiger partial charge on any atom is 0.238 e. The molecule has 3 N–H and O–H groups in total. The van der Waals surface area contributed by atoms with Crippen molar-refractivity contribution in [2.75, 3.05) is 18.5 Å². The highest BCUT2D eigenvalue weighted by Gasteiger charge is 2.37. The van der Waals surface area contributed by atoms with Gasteiger partial charge in [0.05, 0.1) is 18.7 Å². The molecule has 1 unspecified atom stereocenters.